The summed E-state index contributed by atoms with van der Waals surface area (Å²) in [4.78, 5) is 2.41. The number of piperidine rings is 1. The van der Waals surface area contributed by atoms with Crippen molar-refractivity contribution in [2.24, 2.45) is 0 Å². The van der Waals surface area contributed by atoms with Crippen molar-refractivity contribution in [3.05, 3.63) is 23.8 Å². The molecule has 0 saturated carbocycles. The lowest BCUT2D eigenvalue weighted by Crippen LogP contribution is -2.50. The van der Waals surface area contributed by atoms with E-state index in [0.29, 0.717) is 6.61 Å². The molecule has 5 nitrogen and oxygen atoms in total. The Morgan fingerprint density at radius 1 is 1.22 bits per heavy atom. The molecule has 128 valence electrons. The van der Waals surface area contributed by atoms with E-state index in [1.54, 1.807) is 14.2 Å². The average molecular weight is 321 g/mol. The lowest BCUT2D eigenvalue weighted by molar-refractivity contribution is -0.143. The van der Waals surface area contributed by atoms with Gasteiger partial charge in [0.2, 0.25) is 0 Å². The molecule has 3 rings (SSSR count). The van der Waals surface area contributed by atoms with Crippen LogP contribution in [0, 0.1) is 0 Å². The van der Waals surface area contributed by atoms with Gasteiger partial charge in [-0.3, -0.25) is 4.90 Å². The van der Waals surface area contributed by atoms with Crippen LogP contribution in [-0.4, -0.2) is 55.6 Å². The van der Waals surface area contributed by atoms with Gasteiger partial charge in [0.1, 0.15) is 11.5 Å². The number of nitrogens with zero attached hydrogens (tertiary/aromatic N) is 1. The van der Waals surface area contributed by atoms with E-state index in [-0.39, 0.29) is 11.7 Å². The van der Waals surface area contributed by atoms with Crippen LogP contribution in [0.4, 0.5) is 0 Å². The van der Waals surface area contributed by atoms with E-state index in [0.717, 1.165) is 62.4 Å². The quantitative estimate of drug-likeness (QED) is 0.921. The third kappa shape index (κ3) is 3.62. The fourth-order valence-corrected chi connectivity index (χ4v) is 3.78. The second-order valence-electron chi connectivity index (χ2n) is 6.60. The van der Waals surface area contributed by atoms with Crippen LogP contribution in [-0.2, 0) is 11.3 Å². The van der Waals surface area contributed by atoms with Gasteiger partial charge in [-0.05, 0) is 31.4 Å². The lowest BCUT2D eigenvalue weighted by Gasteiger charge is -2.45. The predicted molar refractivity (Wildman–Crippen MR) is 88.0 cm³/mol. The molecule has 1 aromatic rings. The Labute approximate surface area is 138 Å². The molecule has 2 heterocycles. The van der Waals surface area contributed by atoms with Crippen molar-refractivity contribution >= 4 is 0 Å². The van der Waals surface area contributed by atoms with Crippen molar-refractivity contribution in [3.63, 3.8) is 0 Å². The second-order valence-corrected chi connectivity index (χ2v) is 6.60. The number of methoxy groups -OCH3 is 2. The number of hydrogen-bond acceptors (Lipinski definition) is 5. The van der Waals surface area contributed by atoms with E-state index in [1.165, 1.54) is 0 Å². The van der Waals surface area contributed by atoms with Crippen LogP contribution >= 0.6 is 0 Å². The Bertz CT molecular complexity index is 504. The van der Waals surface area contributed by atoms with Gasteiger partial charge < -0.3 is 19.3 Å². The number of hydrogen-bond donors (Lipinski definition) is 1. The van der Waals surface area contributed by atoms with Crippen LogP contribution in [0.25, 0.3) is 0 Å². The van der Waals surface area contributed by atoms with Gasteiger partial charge in [0.15, 0.2) is 0 Å². The van der Waals surface area contributed by atoms with E-state index in [1.807, 2.05) is 18.2 Å². The van der Waals surface area contributed by atoms with Gasteiger partial charge in [0.05, 0.1) is 31.5 Å². The highest BCUT2D eigenvalue weighted by atomic mass is 16.5. The first-order valence-corrected chi connectivity index (χ1v) is 8.40. The summed E-state index contributed by atoms with van der Waals surface area (Å²) < 4.78 is 17.0. The topological polar surface area (TPSA) is 51.2 Å². The minimum absolute atomic E-state index is 0.112. The summed E-state index contributed by atoms with van der Waals surface area (Å²) in [6, 6.07) is 5.90. The largest absolute Gasteiger partial charge is 0.496 e. The average Bonchev–Trinajstić information content (AvgIpc) is 2.57. The number of aliphatic hydroxyl groups excluding tert-OH is 1. The molecular formula is C18H27NO4. The molecule has 0 bridgehead atoms. The Balaban J connectivity index is 1.65. The maximum absolute atomic E-state index is 9.94. The van der Waals surface area contributed by atoms with Crippen LogP contribution in [0.5, 0.6) is 11.5 Å². The molecule has 0 amide bonds. The van der Waals surface area contributed by atoms with Crippen LogP contribution in [0.2, 0.25) is 0 Å². The minimum Gasteiger partial charge on any atom is -0.496 e. The molecule has 2 aliphatic rings. The fourth-order valence-electron chi connectivity index (χ4n) is 3.78. The summed E-state index contributed by atoms with van der Waals surface area (Å²) in [7, 11) is 3.39. The third-order valence-corrected chi connectivity index (χ3v) is 5.15. The summed E-state index contributed by atoms with van der Waals surface area (Å²) in [6.45, 7) is 3.43. The Morgan fingerprint density at radius 3 is 2.43 bits per heavy atom. The van der Waals surface area contributed by atoms with Crippen LogP contribution in [0.15, 0.2) is 18.2 Å². The maximum atomic E-state index is 9.94. The first kappa shape index (κ1) is 16.6. The summed E-state index contributed by atoms with van der Waals surface area (Å²) in [6.07, 6.45) is 3.29. The van der Waals surface area contributed by atoms with E-state index in [9.17, 15) is 5.11 Å². The standard InChI is InChI=1S/C18H27NO4/c1-21-16-4-3-5-17(22-2)15(16)13-19-9-7-18(8-10-19)12-14(20)6-11-23-18/h3-5,14,20H,6-13H2,1-2H3. The summed E-state index contributed by atoms with van der Waals surface area (Å²) in [5.41, 5.74) is 0.983. The third-order valence-electron chi connectivity index (χ3n) is 5.15. The van der Waals surface area contributed by atoms with E-state index < -0.39 is 0 Å². The summed E-state index contributed by atoms with van der Waals surface area (Å²) in [5.74, 6) is 1.74. The SMILES string of the molecule is COc1cccc(OC)c1CN1CCC2(CC1)CC(O)CCO2. The zero-order chi connectivity index (χ0) is 16.3. The molecule has 2 aliphatic heterocycles. The number of benzene rings is 1. The first-order chi connectivity index (χ1) is 11.2. The molecule has 2 fully saturated rings. The molecule has 1 atom stereocenters. The fraction of sp³-hybridized carbons (Fsp3) is 0.667. The monoisotopic (exact) mass is 321 g/mol. The molecule has 5 heteroatoms. The van der Waals surface area contributed by atoms with Gasteiger partial charge in [0, 0.05) is 32.7 Å². The Morgan fingerprint density at radius 2 is 1.87 bits per heavy atom. The molecule has 0 aromatic heterocycles. The molecular weight excluding hydrogens is 294 g/mol. The van der Waals surface area contributed by atoms with E-state index in [2.05, 4.69) is 4.90 Å². The van der Waals surface area contributed by atoms with Gasteiger partial charge in [0.25, 0.3) is 0 Å². The zero-order valence-corrected chi connectivity index (χ0v) is 14.1. The van der Waals surface area contributed by atoms with Crippen LogP contribution in [0.3, 0.4) is 0 Å². The van der Waals surface area contributed by atoms with Crippen molar-refractivity contribution in [3.8, 4) is 11.5 Å². The lowest BCUT2D eigenvalue weighted by atomic mass is 9.83. The molecule has 1 N–H and O–H groups in total. The van der Waals surface area contributed by atoms with Crippen LogP contribution < -0.4 is 9.47 Å². The van der Waals surface area contributed by atoms with Crippen molar-refractivity contribution in [1.82, 2.24) is 4.90 Å². The number of aliphatic hydroxyl groups is 1. The molecule has 2 saturated heterocycles. The number of rotatable bonds is 4. The van der Waals surface area contributed by atoms with Crippen molar-refractivity contribution in [2.45, 2.75) is 43.9 Å². The molecule has 1 spiro atoms. The van der Waals surface area contributed by atoms with Gasteiger partial charge in [-0.25, -0.2) is 0 Å². The summed E-state index contributed by atoms with van der Waals surface area (Å²) >= 11 is 0. The highest BCUT2D eigenvalue weighted by molar-refractivity contribution is 5.44. The normalized spacial score (nSPS) is 24.6. The molecule has 0 radical (unpaired) electrons. The van der Waals surface area contributed by atoms with Crippen molar-refractivity contribution in [2.75, 3.05) is 33.9 Å². The zero-order valence-electron chi connectivity index (χ0n) is 14.1. The highest BCUT2D eigenvalue weighted by Crippen LogP contribution is 2.37. The van der Waals surface area contributed by atoms with Gasteiger partial charge in [-0.1, -0.05) is 6.07 Å². The van der Waals surface area contributed by atoms with Crippen LogP contribution in [0.1, 0.15) is 31.2 Å². The van der Waals surface area contributed by atoms with Crippen molar-refractivity contribution in [1.29, 1.82) is 0 Å². The molecule has 23 heavy (non-hydrogen) atoms. The Kier molecular flexibility index (Phi) is 5.09. The first-order valence-electron chi connectivity index (χ1n) is 8.40. The molecule has 1 unspecified atom stereocenters. The predicted octanol–water partition coefficient (Wildman–Crippen LogP) is 2.21. The van der Waals surface area contributed by atoms with E-state index in [4.69, 9.17) is 14.2 Å². The van der Waals surface area contributed by atoms with Gasteiger partial charge in [-0.15, -0.1) is 0 Å². The molecule has 1 aromatic carbocycles. The minimum atomic E-state index is -0.204. The maximum Gasteiger partial charge on any atom is 0.127 e. The smallest absolute Gasteiger partial charge is 0.127 e. The van der Waals surface area contributed by atoms with E-state index >= 15 is 0 Å². The number of likely N-dealkylation sites (tertiary alicyclic amines) is 1. The molecule has 0 aliphatic carbocycles. The second kappa shape index (κ2) is 7.07. The van der Waals surface area contributed by atoms with Gasteiger partial charge >= 0.3 is 0 Å². The van der Waals surface area contributed by atoms with Crippen molar-refractivity contribution < 1.29 is 19.3 Å². The van der Waals surface area contributed by atoms with Gasteiger partial charge in [-0.2, -0.15) is 0 Å². The summed E-state index contributed by atoms with van der Waals surface area (Å²) in [5, 5.41) is 9.94. The Hall–Kier alpha value is -1.30. The number of ether oxygens (including phenoxy) is 3. The highest BCUT2D eigenvalue weighted by Gasteiger charge is 2.39.